The molecule has 0 saturated heterocycles. The average molecular weight is 394 g/mol. The van der Waals surface area contributed by atoms with Crippen LogP contribution in [-0.4, -0.2) is 27.4 Å². The van der Waals surface area contributed by atoms with Crippen molar-refractivity contribution >= 4 is 15.9 Å². The summed E-state index contributed by atoms with van der Waals surface area (Å²) in [4.78, 5) is 0. The maximum atomic E-state index is 5.87. The molecule has 24 heavy (non-hydrogen) atoms. The molecule has 0 amide bonds. The van der Waals surface area contributed by atoms with E-state index in [4.69, 9.17) is 14.2 Å². The first-order chi connectivity index (χ1) is 11.6. The molecule has 0 unspecified atom stereocenters. The molecule has 0 heterocycles. The zero-order valence-corrected chi connectivity index (χ0v) is 16.2. The molecule has 1 N–H and O–H groups in total. The van der Waals surface area contributed by atoms with Crippen LogP contribution in [0.1, 0.15) is 16.7 Å². The fourth-order valence-electron chi connectivity index (χ4n) is 2.40. The monoisotopic (exact) mass is 393 g/mol. The van der Waals surface area contributed by atoms with Crippen LogP contribution >= 0.6 is 15.9 Å². The topological polar surface area (TPSA) is 39.7 Å². The Balaban J connectivity index is 1.98. The predicted octanol–water partition coefficient (Wildman–Crippen LogP) is 4.25. The van der Waals surface area contributed by atoms with Crippen LogP contribution < -0.4 is 19.5 Å². The van der Waals surface area contributed by atoms with Gasteiger partial charge in [0, 0.05) is 6.54 Å². The van der Waals surface area contributed by atoms with Gasteiger partial charge in [0.15, 0.2) is 11.5 Å². The first-order valence-electron chi connectivity index (χ1n) is 7.89. The highest BCUT2D eigenvalue weighted by molar-refractivity contribution is 9.10. The zero-order chi connectivity index (χ0) is 17.5. The summed E-state index contributed by atoms with van der Waals surface area (Å²) in [7, 11) is 3.56. The lowest BCUT2D eigenvalue weighted by Gasteiger charge is -2.15. The van der Waals surface area contributed by atoms with E-state index in [2.05, 4.69) is 41.2 Å². The highest BCUT2D eigenvalue weighted by Crippen LogP contribution is 2.36. The van der Waals surface area contributed by atoms with Crippen LogP contribution in [0, 0.1) is 13.8 Å². The molecule has 4 nitrogen and oxygen atoms in total. The number of halogens is 1. The summed E-state index contributed by atoms with van der Waals surface area (Å²) < 4.78 is 18.0. The van der Waals surface area contributed by atoms with Gasteiger partial charge in [0.05, 0.1) is 11.6 Å². The highest BCUT2D eigenvalue weighted by atomic mass is 79.9. The number of hydrogen-bond acceptors (Lipinski definition) is 4. The van der Waals surface area contributed by atoms with E-state index < -0.39 is 0 Å². The molecule has 2 aromatic carbocycles. The third-order valence-corrected chi connectivity index (χ3v) is 4.40. The molecule has 5 heteroatoms. The van der Waals surface area contributed by atoms with Gasteiger partial charge >= 0.3 is 0 Å². The van der Waals surface area contributed by atoms with Crippen LogP contribution in [0.15, 0.2) is 34.8 Å². The molecular formula is C19H24BrNO3. The van der Waals surface area contributed by atoms with Gasteiger partial charge < -0.3 is 19.5 Å². The number of nitrogens with one attached hydrogen (secondary N) is 1. The third-order valence-electron chi connectivity index (χ3n) is 3.81. The molecule has 0 spiro atoms. The molecule has 0 saturated carbocycles. The van der Waals surface area contributed by atoms with Gasteiger partial charge in [-0.2, -0.15) is 0 Å². The van der Waals surface area contributed by atoms with Crippen LogP contribution in [0.2, 0.25) is 0 Å². The number of aryl methyl sites for hydroxylation is 1. The van der Waals surface area contributed by atoms with Crippen molar-refractivity contribution in [3.05, 3.63) is 51.5 Å². The van der Waals surface area contributed by atoms with Crippen LogP contribution in [0.5, 0.6) is 17.2 Å². The van der Waals surface area contributed by atoms with Crippen molar-refractivity contribution in [3.63, 3.8) is 0 Å². The number of rotatable bonds is 8. The van der Waals surface area contributed by atoms with Gasteiger partial charge in [-0.25, -0.2) is 0 Å². The van der Waals surface area contributed by atoms with E-state index in [1.54, 1.807) is 7.11 Å². The summed E-state index contributed by atoms with van der Waals surface area (Å²) in [6, 6.07) is 10.1. The van der Waals surface area contributed by atoms with Gasteiger partial charge in [-0.1, -0.05) is 12.1 Å². The van der Waals surface area contributed by atoms with Crippen LogP contribution in [0.3, 0.4) is 0 Å². The van der Waals surface area contributed by atoms with E-state index in [1.165, 1.54) is 5.56 Å². The SMILES string of the molecule is CNCc1cc(Br)c(OCCOc2cccc(C)c2C)c(OC)c1. The molecule has 0 aliphatic rings. The number of benzene rings is 2. The molecular weight excluding hydrogens is 370 g/mol. The molecule has 2 rings (SSSR count). The Bertz CT molecular complexity index is 689. The lowest BCUT2D eigenvalue weighted by atomic mass is 10.1. The van der Waals surface area contributed by atoms with Gasteiger partial charge in [-0.3, -0.25) is 0 Å². The van der Waals surface area contributed by atoms with Gasteiger partial charge in [0.25, 0.3) is 0 Å². The Kier molecular flexibility index (Phi) is 6.94. The third kappa shape index (κ3) is 4.65. The summed E-state index contributed by atoms with van der Waals surface area (Å²) in [5.74, 6) is 2.30. The fourth-order valence-corrected chi connectivity index (χ4v) is 3.00. The van der Waals surface area contributed by atoms with Crippen LogP contribution in [0.25, 0.3) is 0 Å². The Morgan fingerprint density at radius 1 is 1.04 bits per heavy atom. The van der Waals surface area contributed by atoms with E-state index in [-0.39, 0.29) is 0 Å². The molecule has 0 atom stereocenters. The van der Waals surface area contributed by atoms with Crippen molar-refractivity contribution in [1.82, 2.24) is 5.32 Å². The summed E-state index contributed by atoms with van der Waals surface area (Å²) in [6.07, 6.45) is 0. The molecule has 0 aliphatic heterocycles. The Morgan fingerprint density at radius 2 is 1.79 bits per heavy atom. The minimum atomic E-state index is 0.438. The molecule has 0 aromatic heterocycles. The lowest BCUT2D eigenvalue weighted by molar-refractivity contribution is 0.209. The van der Waals surface area contributed by atoms with Crippen molar-refractivity contribution in [2.75, 3.05) is 27.4 Å². The molecule has 2 aromatic rings. The summed E-state index contributed by atoms with van der Waals surface area (Å²) >= 11 is 3.55. The van der Waals surface area contributed by atoms with Crippen molar-refractivity contribution in [2.24, 2.45) is 0 Å². The van der Waals surface area contributed by atoms with Crippen molar-refractivity contribution < 1.29 is 14.2 Å². The minimum Gasteiger partial charge on any atom is -0.493 e. The molecule has 130 valence electrons. The van der Waals surface area contributed by atoms with Crippen LogP contribution in [-0.2, 0) is 6.54 Å². The standard InChI is InChI=1S/C19H24BrNO3/c1-13-6-5-7-17(14(13)2)23-8-9-24-19-16(20)10-15(12-21-3)11-18(19)22-4/h5-7,10-11,21H,8-9,12H2,1-4H3. The second kappa shape index (κ2) is 8.94. The lowest BCUT2D eigenvalue weighted by Crippen LogP contribution is -2.11. The quantitative estimate of drug-likeness (QED) is 0.680. The first-order valence-corrected chi connectivity index (χ1v) is 8.69. The first kappa shape index (κ1) is 18.6. The Labute approximate surface area is 152 Å². The normalized spacial score (nSPS) is 10.5. The van der Waals surface area contributed by atoms with E-state index in [9.17, 15) is 0 Å². The molecule has 0 fully saturated rings. The second-order valence-electron chi connectivity index (χ2n) is 5.53. The van der Waals surface area contributed by atoms with Gasteiger partial charge in [-0.15, -0.1) is 0 Å². The summed E-state index contributed by atoms with van der Waals surface area (Å²) in [6.45, 7) is 5.82. The van der Waals surface area contributed by atoms with E-state index in [0.717, 1.165) is 27.9 Å². The number of methoxy groups -OCH3 is 1. The van der Waals surface area contributed by atoms with Gasteiger partial charge in [-0.05, 0) is 71.7 Å². The van der Waals surface area contributed by atoms with Gasteiger partial charge in [0.2, 0.25) is 0 Å². The second-order valence-corrected chi connectivity index (χ2v) is 6.39. The van der Waals surface area contributed by atoms with E-state index >= 15 is 0 Å². The van der Waals surface area contributed by atoms with Crippen molar-refractivity contribution in [2.45, 2.75) is 20.4 Å². The highest BCUT2D eigenvalue weighted by Gasteiger charge is 2.12. The Morgan fingerprint density at radius 3 is 2.50 bits per heavy atom. The summed E-state index contributed by atoms with van der Waals surface area (Å²) in [5, 5.41) is 3.13. The van der Waals surface area contributed by atoms with Crippen LogP contribution in [0.4, 0.5) is 0 Å². The smallest absolute Gasteiger partial charge is 0.175 e. The summed E-state index contributed by atoms with van der Waals surface area (Å²) in [5.41, 5.74) is 3.51. The van der Waals surface area contributed by atoms with Crippen molar-refractivity contribution in [1.29, 1.82) is 0 Å². The Hall–Kier alpha value is -1.72. The minimum absolute atomic E-state index is 0.438. The predicted molar refractivity (Wildman–Crippen MR) is 100 cm³/mol. The largest absolute Gasteiger partial charge is 0.493 e. The molecule has 0 aliphatic carbocycles. The van der Waals surface area contributed by atoms with E-state index in [1.807, 2.05) is 31.3 Å². The number of hydrogen-bond donors (Lipinski definition) is 1. The average Bonchev–Trinajstić information content (AvgIpc) is 2.56. The van der Waals surface area contributed by atoms with E-state index in [0.29, 0.717) is 24.7 Å². The van der Waals surface area contributed by atoms with Crippen molar-refractivity contribution in [3.8, 4) is 17.2 Å². The molecule has 0 radical (unpaired) electrons. The number of ether oxygens (including phenoxy) is 3. The molecule has 0 bridgehead atoms. The zero-order valence-electron chi connectivity index (χ0n) is 14.6. The maximum absolute atomic E-state index is 5.87. The fraction of sp³-hybridized carbons (Fsp3) is 0.368. The van der Waals surface area contributed by atoms with Gasteiger partial charge in [0.1, 0.15) is 19.0 Å². The maximum Gasteiger partial charge on any atom is 0.175 e.